The van der Waals surface area contributed by atoms with Crippen molar-refractivity contribution in [3.8, 4) is 11.8 Å². The molecule has 1 heterocycles. The van der Waals surface area contributed by atoms with E-state index in [2.05, 4.69) is 15.0 Å². The van der Waals surface area contributed by atoms with Crippen LogP contribution < -0.4 is 14.8 Å². The Bertz CT molecular complexity index is 1250. The molecule has 0 radical (unpaired) electrons. The number of nitrogens with zero attached hydrogens (tertiary/aromatic N) is 2. The topological polar surface area (TPSA) is 121 Å². The highest BCUT2D eigenvalue weighted by Gasteiger charge is 2.15. The van der Waals surface area contributed by atoms with E-state index in [9.17, 15) is 18.5 Å². The second kappa shape index (κ2) is 10.2. The Morgan fingerprint density at radius 3 is 2.41 bits per heavy atom. The molecule has 0 saturated carbocycles. The van der Waals surface area contributed by atoms with Crippen molar-refractivity contribution in [2.75, 3.05) is 16.6 Å². The molecule has 0 unspecified atom stereocenters. The van der Waals surface area contributed by atoms with Crippen molar-refractivity contribution < 1.29 is 17.9 Å². The Kier molecular flexibility index (Phi) is 7.21. The zero-order valence-corrected chi connectivity index (χ0v) is 18.0. The average molecular weight is 449 g/mol. The number of ether oxygens (including phenoxy) is 1. The highest BCUT2D eigenvalue weighted by atomic mass is 32.2. The zero-order chi connectivity index (χ0) is 23.0. The van der Waals surface area contributed by atoms with Gasteiger partial charge >= 0.3 is 0 Å². The maximum absolute atomic E-state index is 12.5. The molecule has 3 aromatic rings. The van der Waals surface area contributed by atoms with Gasteiger partial charge in [0.05, 0.1) is 11.5 Å². The third kappa shape index (κ3) is 5.93. The van der Waals surface area contributed by atoms with Crippen molar-refractivity contribution >= 4 is 33.5 Å². The van der Waals surface area contributed by atoms with Crippen molar-refractivity contribution in [1.82, 2.24) is 4.98 Å². The molecule has 1 aromatic heterocycles. The van der Waals surface area contributed by atoms with E-state index in [-0.39, 0.29) is 16.3 Å². The molecule has 0 atom stereocenters. The summed E-state index contributed by atoms with van der Waals surface area (Å²) in [4.78, 5) is 16.4. The van der Waals surface area contributed by atoms with E-state index in [0.29, 0.717) is 23.6 Å². The number of carbonyl (C=O) groups excluding carboxylic acids is 1. The van der Waals surface area contributed by atoms with E-state index in [1.807, 2.05) is 13.0 Å². The van der Waals surface area contributed by atoms with Crippen LogP contribution in [0.1, 0.15) is 12.5 Å². The molecule has 2 aromatic carbocycles. The number of nitriles is 1. The molecule has 0 bridgehead atoms. The summed E-state index contributed by atoms with van der Waals surface area (Å²) in [5.74, 6) is 0.284. The predicted molar refractivity (Wildman–Crippen MR) is 121 cm³/mol. The van der Waals surface area contributed by atoms with Crippen molar-refractivity contribution in [3.05, 3.63) is 84.1 Å². The van der Waals surface area contributed by atoms with Gasteiger partial charge in [-0.1, -0.05) is 18.2 Å². The van der Waals surface area contributed by atoms with E-state index in [0.717, 1.165) is 0 Å². The molecule has 9 heteroatoms. The zero-order valence-electron chi connectivity index (χ0n) is 17.1. The quantitative estimate of drug-likeness (QED) is 0.399. The molecule has 3 rings (SSSR count). The predicted octanol–water partition coefficient (Wildman–Crippen LogP) is 3.83. The Labute approximate surface area is 186 Å². The Morgan fingerprint density at radius 1 is 1.09 bits per heavy atom. The first kappa shape index (κ1) is 22.5. The fraction of sp³-hybridized carbons (Fsp3) is 0.0870. The van der Waals surface area contributed by atoms with E-state index in [1.165, 1.54) is 42.6 Å². The lowest BCUT2D eigenvalue weighted by molar-refractivity contribution is -0.112. The molecule has 0 aliphatic heterocycles. The van der Waals surface area contributed by atoms with E-state index in [1.54, 1.807) is 36.4 Å². The number of amides is 1. The lowest BCUT2D eigenvalue weighted by Crippen LogP contribution is -2.15. The second-order valence-electron chi connectivity index (χ2n) is 6.47. The highest BCUT2D eigenvalue weighted by Crippen LogP contribution is 2.19. The maximum Gasteiger partial charge on any atom is 0.266 e. The number of rotatable bonds is 8. The molecule has 162 valence electrons. The van der Waals surface area contributed by atoms with Crippen LogP contribution >= 0.6 is 0 Å². The van der Waals surface area contributed by atoms with Crippen molar-refractivity contribution in [2.45, 2.75) is 11.8 Å². The monoisotopic (exact) mass is 448 g/mol. The standard InChI is InChI=1S/C23H20N4O4S/c1-2-31-20-10-6-17(7-11-20)15-18(16-24)23(28)26-19-8-12-21(13-9-19)32(29,30)27-22-5-3-4-14-25-22/h3-15H,2H2,1H3,(H,25,27)(H,26,28)/b18-15+. The summed E-state index contributed by atoms with van der Waals surface area (Å²) >= 11 is 0. The van der Waals surface area contributed by atoms with Crippen LogP contribution in [0.3, 0.4) is 0 Å². The molecule has 1 amide bonds. The summed E-state index contributed by atoms with van der Waals surface area (Å²) in [6.07, 6.45) is 2.94. The Balaban J connectivity index is 1.69. The van der Waals surface area contributed by atoms with Crippen LogP contribution in [0, 0.1) is 11.3 Å². The number of anilines is 2. The number of hydrogen-bond acceptors (Lipinski definition) is 6. The van der Waals surface area contributed by atoms with Gasteiger partial charge in [-0.25, -0.2) is 13.4 Å². The fourth-order valence-electron chi connectivity index (χ4n) is 2.68. The number of benzene rings is 2. The summed E-state index contributed by atoms with van der Waals surface area (Å²) in [6, 6.07) is 19.3. The Hall–Kier alpha value is -4.16. The number of sulfonamides is 1. The Morgan fingerprint density at radius 2 is 1.81 bits per heavy atom. The number of nitrogens with one attached hydrogen (secondary N) is 2. The van der Waals surface area contributed by atoms with Gasteiger partial charge < -0.3 is 10.1 Å². The summed E-state index contributed by atoms with van der Waals surface area (Å²) in [6.45, 7) is 2.42. The summed E-state index contributed by atoms with van der Waals surface area (Å²) in [5.41, 5.74) is 0.921. The maximum atomic E-state index is 12.5. The third-order valence-corrected chi connectivity index (χ3v) is 5.56. The second-order valence-corrected chi connectivity index (χ2v) is 8.15. The summed E-state index contributed by atoms with van der Waals surface area (Å²) in [5, 5.41) is 12.0. The number of carbonyl (C=O) groups is 1. The molecule has 8 nitrogen and oxygen atoms in total. The third-order valence-electron chi connectivity index (χ3n) is 4.19. The molecule has 0 aliphatic carbocycles. The van der Waals surface area contributed by atoms with Gasteiger partial charge in [-0.15, -0.1) is 0 Å². The average Bonchev–Trinajstić information content (AvgIpc) is 2.79. The van der Waals surface area contributed by atoms with Crippen molar-refractivity contribution in [1.29, 1.82) is 5.26 Å². The van der Waals surface area contributed by atoms with Gasteiger partial charge in [0.15, 0.2) is 0 Å². The number of pyridine rings is 1. The van der Waals surface area contributed by atoms with E-state index >= 15 is 0 Å². The van der Waals surface area contributed by atoms with Gasteiger partial charge in [0.25, 0.3) is 15.9 Å². The largest absolute Gasteiger partial charge is 0.494 e. The van der Waals surface area contributed by atoms with Crippen LogP contribution in [-0.2, 0) is 14.8 Å². The molecule has 0 spiro atoms. The van der Waals surface area contributed by atoms with Crippen LogP contribution in [0.5, 0.6) is 5.75 Å². The number of aromatic nitrogens is 1. The highest BCUT2D eigenvalue weighted by molar-refractivity contribution is 7.92. The van der Waals surface area contributed by atoms with Crippen LogP contribution in [-0.4, -0.2) is 25.9 Å². The lowest BCUT2D eigenvalue weighted by Gasteiger charge is -2.09. The first-order valence-electron chi connectivity index (χ1n) is 9.61. The molecule has 32 heavy (non-hydrogen) atoms. The van der Waals surface area contributed by atoms with Gasteiger partial charge in [0.1, 0.15) is 23.2 Å². The van der Waals surface area contributed by atoms with Crippen molar-refractivity contribution in [3.63, 3.8) is 0 Å². The molecule has 0 fully saturated rings. The van der Waals surface area contributed by atoms with Gasteiger partial charge in [0, 0.05) is 11.9 Å². The summed E-state index contributed by atoms with van der Waals surface area (Å²) in [7, 11) is -3.83. The molecular formula is C23H20N4O4S. The SMILES string of the molecule is CCOc1ccc(/C=C(\C#N)C(=O)Nc2ccc(S(=O)(=O)Nc3ccccn3)cc2)cc1. The molecule has 0 aliphatic rings. The van der Waals surface area contributed by atoms with Crippen molar-refractivity contribution in [2.24, 2.45) is 0 Å². The van der Waals surface area contributed by atoms with Crippen LogP contribution in [0.15, 0.2) is 83.4 Å². The van der Waals surface area contributed by atoms with Gasteiger partial charge in [0.2, 0.25) is 0 Å². The minimum absolute atomic E-state index is 0.00610. The summed E-state index contributed by atoms with van der Waals surface area (Å²) < 4.78 is 32.7. The van der Waals surface area contributed by atoms with E-state index in [4.69, 9.17) is 4.74 Å². The van der Waals surface area contributed by atoms with Crippen LogP contribution in [0.25, 0.3) is 6.08 Å². The first-order valence-corrected chi connectivity index (χ1v) is 11.1. The van der Waals surface area contributed by atoms with Gasteiger partial charge in [-0.05, 0) is 67.1 Å². The van der Waals surface area contributed by atoms with Crippen LogP contribution in [0.4, 0.5) is 11.5 Å². The molecule has 2 N–H and O–H groups in total. The fourth-order valence-corrected chi connectivity index (χ4v) is 3.69. The minimum atomic E-state index is -3.83. The lowest BCUT2D eigenvalue weighted by atomic mass is 10.1. The number of hydrogen-bond donors (Lipinski definition) is 2. The first-order chi connectivity index (χ1) is 15.4. The molecule has 0 saturated heterocycles. The van der Waals surface area contributed by atoms with Gasteiger partial charge in [-0.2, -0.15) is 5.26 Å². The molecular weight excluding hydrogens is 428 g/mol. The van der Waals surface area contributed by atoms with Crippen LogP contribution in [0.2, 0.25) is 0 Å². The minimum Gasteiger partial charge on any atom is -0.494 e. The normalized spacial score (nSPS) is 11.3. The van der Waals surface area contributed by atoms with E-state index < -0.39 is 15.9 Å². The smallest absolute Gasteiger partial charge is 0.266 e. The van der Waals surface area contributed by atoms with Gasteiger partial charge in [-0.3, -0.25) is 9.52 Å².